The summed E-state index contributed by atoms with van der Waals surface area (Å²) in [6.07, 6.45) is 1.78. The molecule has 1 N–H and O–H groups in total. The maximum Gasteiger partial charge on any atom is 0.248 e. The van der Waals surface area contributed by atoms with Gasteiger partial charge >= 0.3 is 0 Å². The maximum absolute atomic E-state index is 11.2. The van der Waals surface area contributed by atoms with E-state index in [-0.39, 0.29) is 5.56 Å². The Morgan fingerprint density at radius 1 is 0.867 bits per heavy atom. The first kappa shape index (κ1) is 8.24. The zero-order valence-corrected chi connectivity index (χ0v) is 8.03. The van der Waals surface area contributed by atoms with Gasteiger partial charge in [-0.05, 0) is 16.2 Å². The molecule has 15 heavy (non-hydrogen) atoms. The third-order valence-corrected chi connectivity index (χ3v) is 2.65. The minimum absolute atomic E-state index is 0.0576. The first-order valence-corrected chi connectivity index (χ1v) is 4.85. The number of hydrogen-bond acceptors (Lipinski definition) is 1. The van der Waals surface area contributed by atoms with Crippen LogP contribution in [0.25, 0.3) is 21.5 Å². The van der Waals surface area contributed by atoms with Gasteiger partial charge in [0.2, 0.25) is 5.56 Å². The van der Waals surface area contributed by atoms with E-state index in [1.807, 2.05) is 24.3 Å². The number of hydrogen-bond donors (Lipinski definition) is 1. The highest BCUT2D eigenvalue weighted by Gasteiger charge is 1.99. The summed E-state index contributed by atoms with van der Waals surface area (Å²) >= 11 is 0. The Morgan fingerprint density at radius 2 is 1.67 bits per heavy atom. The number of aromatic nitrogens is 1. The van der Waals surface area contributed by atoms with Crippen molar-refractivity contribution < 1.29 is 0 Å². The number of H-pyrrole nitrogens is 1. The van der Waals surface area contributed by atoms with E-state index in [4.69, 9.17) is 0 Å². The lowest BCUT2D eigenvalue weighted by Crippen LogP contribution is -2.01. The van der Waals surface area contributed by atoms with Gasteiger partial charge in [-0.2, -0.15) is 0 Å². The molecule has 1 aromatic heterocycles. The Bertz CT molecular complexity index is 697. The molecule has 3 rings (SSSR count). The van der Waals surface area contributed by atoms with E-state index in [2.05, 4.69) is 17.1 Å². The average molecular weight is 195 g/mol. The summed E-state index contributed by atoms with van der Waals surface area (Å²) in [5.41, 5.74) is -0.0576. The number of pyridine rings is 1. The average Bonchev–Trinajstić information content (AvgIpc) is 2.28. The number of aromatic amines is 1. The Balaban J connectivity index is 2.60. The molecule has 0 aliphatic rings. The molecule has 0 saturated carbocycles. The van der Waals surface area contributed by atoms with E-state index >= 15 is 0 Å². The molecule has 1 heterocycles. The van der Waals surface area contributed by atoms with E-state index in [0.717, 1.165) is 10.8 Å². The number of nitrogens with one attached hydrogen (secondary N) is 1. The third-order valence-electron chi connectivity index (χ3n) is 2.65. The van der Waals surface area contributed by atoms with Crippen molar-refractivity contribution in [1.82, 2.24) is 4.98 Å². The van der Waals surface area contributed by atoms with Gasteiger partial charge in [-0.15, -0.1) is 0 Å². The third kappa shape index (κ3) is 1.22. The van der Waals surface area contributed by atoms with Crippen molar-refractivity contribution in [3.05, 3.63) is 59.0 Å². The molecule has 0 aliphatic carbocycles. The lowest BCUT2D eigenvalue weighted by Gasteiger charge is -2.02. The van der Waals surface area contributed by atoms with Crippen LogP contribution in [0.15, 0.2) is 53.5 Å². The SMILES string of the molecule is O=c1cc2ccc3ccccc3c2c[nH]1. The van der Waals surface area contributed by atoms with Crippen LogP contribution in [0.3, 0.4) is 0 Å². The summed E-state index contributed by atoms with van der Waals surface area (Å²) in [4.78, 5) is 13.9. The fourth-order valence-electron chi connectivity index (χ4n) is 1.93. The zero-order chi connectivity index (χ0) is 10.3. The summed E-state index contributed by atoms with van der Waals surface area (Å²) in [6.45, 7) is 0. The number of rotatable bonds is 0. The van der Waals surface area contributed by atoms with Gasteiger partial charge in [-0.3, -0.25) is 4.79 Å². The van der Waals surface area contributed by atoms with Gasteiger partial charge < -0.3 is 4.98 Å². The van der Waals surface area contributed by atoms with E-state index in [9.17, 15) is 4.79 Å². The minimum Gasteiger partial charge on any atom is -0.328 e. The number of benzene rings is 2. The Morgan fingerprint density at radius 3 is 2.60 bits per heavy atom. The van der Waals surface area contributed by atoms with E-state index < -0.39 is 0 Å². The normalized spacial score (nSPS) is 10.9. The van der Waals surface area contributed by atoms with Crippen molar-refractivity contribution in [2.75, 3.05) is 0 Å². The molecule has 0 saturated heterocycles. The zero-order valence-electron chi connectivity index (χ0n) is 8.03. The van der Waals surface area contributed by atoms with Gasteiger partial charge in [0.05, 0.1) is 0 Å². The van der Waals surface area contributed by atoms with Gasteiger partial charge in [0.1, 0.15) is 0 Å². The first-order valence-electron chi connectivity index (χ1n) is 4.85. The van der Waals surface area contributed by atoms with Gasteiger partial charge in [0.15, 0.2) is 0 Å². The van der Waals surface area contributed by atoms with Gasteiger partial charge in [0.25, 0.3) is 0 Å². The van der Waals surface area contributed by atoms with Gasteiger partial charge in [-0.1, -0.05) is 36.4 Å². The summed E-state index contributed by atoms with van der Waals surface area (Å²) in [5, 5.41) is 4.44. The van der Waals surface area contributed by atoms with Crippen LogP contribution in [-0.2, 0) is 0 Å². The predicted molar refractivity (Wildman–Crippen MR) is 62.1 cm³/mol. The molecule has 3 aromatic rings. The minimum atomic E-state index is -0.0576. The van der Waals surface area contributed by atoms with Crippen molar-refractivity contribution in [2.24, 2.45) is 0 Å². The molecule has 0 spiro atoms. The standard InChI is InChI=1S/C13H9NO/c15-13-7-10-6-5-9-3-1-2-4-11(9)12(10)8-14-13/h1-8H,(H,14,15). The molecular weight excluding hydrogens is 186 g/mol. The van der Waals surface area contributed by atoms with Crippen LogP contribution in [0.4, 0.5) is 0 Å². The van der Waals surface area contributed by atoms with Crippen LogP contribution in [0, 0.1) is 0 Å². The Kier molecular flexibility index (Phi) is 1.62. The van der Waals surface area contributed by atoms with Crippen LogP contribution < -0.4 is 5.56 Å². The van der Waals surface area contributed by atoms with Crippen LogP contribution in [0.1, 0.15) is 0 Å². The van der Waals surface area contributed by atoms with Crippen molar-refractivity contribution in [3.63, 3.8) is 0 Å². The lowest BCUT2D eigenvalue weighted by atomic mass is 10.0. The van der Waals surface area contributed by atoms with E-state index in [1.54, 1.807) is 12.3 Å². The quantitative estimate of drug-likeness (QED) is 0.549. The smallest absolute Gasteiger partial charge is 0.248 e. The second-order valence-corrected chi connectivity index (χ2v) is 3.59. The lowest BCUT2D eigenvalue weighted by molar-refractivity contribution is 1.27. The molecule has 0 bridgehead atoms. The van der Waals surface area contributed by atoms with Crippen LogP contribution in [-0.4, -0.2) is 4.98 Å². The highest BCUT2D eigenvalue weighted by Crippen LogP contribution is 2.22. The van der Waals surface area contributed by atoms with Crippen LogP contribution in [0.2, 0.25) is 0 Å². The second-order valence-electron chi connectivity index (χ2n) is 3.59. The van der Waals surface area contributed by atoms with Crippen molar-refractivity contribution in [2.45, 2.75) is 0 Å². The van der Waals surface area contributed by atoms with Gasteiger partial charge in [0, 0.05) is 17.6 Å². The van der Waals surface area contributed by atoms with Crippen molar-refractivity contribution in [3.8, 4) is 0 Å². The molecular formula is C13H9NO. The molecule has 0 radical (unpaired) electrons. The topological polar surface area (TPSA) is 32.9 Å². The van der Waals surface area contributed by atoms with Crippen molar-refractivity contribution >= 4 is 21.5 Å². The van der Waals surface area contributed by atoms with Crippen LogP contribution in [0.5, 0.6) is 0 Å². The summed E-state index contributed by atoms with van der Waals surface area (Å²) in [5.74, 6) is 0. The first-order chi connectivity index (χ1) is 7.34. The molecule has 0 atom stereocenters. The summed E-state index contributed by atoms with van der Waals surface area (Å²) < 4.78 is 0. The van der Waals surface area contributed by atoms with Crippen molar-refractivity contribution in [1.29, 1.82) is 0 Å². The molecule has 2 nitrogen and oxygen atoms in total. The molecule has 2 heteroatoms. The fraction of sp³-hybridized carbons (Fsp3) is 0. The molecule has 0 unspecified atom stereocenters. The summed E-state index contributed by atoms with van der Waals surface area (Å²) in [7, 11) is 0. The highest BCUT2D eigenvalue weighted by molar-refractivity contribution is 6.06. The number of fused-ring (bicyclic) bond motifs is 3. The largest absolute Gasteiger partial charge is 0.328 e. The Hall–Kier alpha value is -2.09. The van der Waals surface area contributed by atoms with E-state index in [1.165, 1.54) is 10.8 Å². The second kappa shape index (κ2) is 2.95. The fourth-order valence-corrected chi connectivity index (χ4v) is 1.93. The Labute approximate surface area is 86.2 Å². The molecule has 0 amide bonds. The summed E-state index contributed by atoms with van der Waals surface area (Å²) in [6, 6.07) is 13.8. The van der Waals surface area contributed by atoms with E-state index in [0.29, 0.717) is 0 Å². The van der Waals surface area contributed by atoms with Crippen LogP contribution >= 0.6 is 0 Å². The van der Waals surface area contributed by atoms with Gasteiger partial charge in [-0.25, -0.2) is 0 Å². The molecule has 0 aliphatic heterocycles. The molecule has 2 aromatic carbocycles. The molecule has 0 fully saturated rings. The monoisotopic (exact) mass is 195 g/mol. The highest BCUT2D eigenvalue weighted by atomic mass is 16.1. The predicted octanol–water partition coefficient (Wildman–Crippen LogP) is 2.68. The molecule has 72 valence electrons. The maximum atomic E-state index is 11.2.